The van der Waals surface area contributed by atoms with E-state index in [9.17, 15) is 0 Å². The Bertz CT molecular complexity index is 418. The van der Waals surface area contributed by atoms with Crippen LogP contribution in [-0.2, 0) is 6.42 Å². The van der Waals surface area contributed by atoms with E-state index in [0.29, 0.717) is 6.42 Å². The highest BCUT2D eigenvalue weighted by atomic mass is 14.4. The molecule has 1 aromatic carbocycles. The summed E-state index contributed by atoms with van der Waals surface area (Å²) in [6.45, 7) is 1.65. The van der Waals surface area contributed by atoms with Gasteiger partial charge in [0.25, 0.3) is 0 Å². The second-order valence-corrected chi connectivity index (χ2v) is 3.92. The first kappa shape index (κ1) is 12.0. The van der Waals surface area contributed by atoms with Crippen LogP contribution >= 0.6 is 0 Å². The van der Waals surface area contributed by atoms with E-state index in [-0.39, 0.29) is 0 Å². The molecule has 0 heterocycles. The molecule has 0 aliphatic rings. The van der Waals surface area contributed by atoms with Crippen molar-refractivity contribution >= 4 is 0 Å². The lowest BCUT2D eigenvalue weighted by atomic mass is 9.90. The molecule has 0 fully saturated rings. The van der Waals surface area contributed by atoms with Crippen LogP contribution in [0.5, 0.6) is 0 Å². The number of nitriles is 2. The molecule has 0 aliphatic carbocycles. The second kappa shape index (κ2) is 5.73. The van der Waals surface area contributed by atoms with E-state index in [2.05, 4.69) is 12.1 Å². The first-order valence-electron chi connectivity index (χ1n) is 5.21. The quantitative estimate of drug-likeness (QED) is 0.716. The van der Waals surface area contributed by atoms with Crippen LogP contribution in [0.1, 0.15) is 18.9 Å². The molecule has 1 aromatic rings. The topological polar surface area (TPSA) is 47.6 Å². The molecule has 0 atom stereocenters. The first-order chi connectivity index (χ1) is 7.70. The third kappa shape index (κ3) is 3.59. The summed E-state index contributed by atoms with van der Waals surface area (Å²) in [7, 11) is 0. The molecule has 0 saturated carbocycles. The summed E-state index contributed by atoms with van der Waals surface area (Å²) in [5, 5.41) is 17.6. The fourth-order valence-electron chi connectivity index (χ4n) is 1.27. The standard InChI is InChI=1S/C14H14N2/c1-14(11-15,12-16)10-6-5-9-13-7-3-2-4-8-13/h2-8H,9-10H2,1H3/b6-5+. The Labute approximate surface area is 96.4 Å². The van der Waals surface area contributed by atoms with E-state index < -0.39 is 5.41 Å². The lowest BCUT2D eigenvalue weighted by molar-refractivity contribution is 0.594. The molecule has 2 heteroatoms. The van der Waals surface area contributed by atoms with Crippen molar-refractivity contribution in [3.05, 3.63) is 48.0 Å². The van der Waals surface area contributed by atoms with Crippen LogP contribution < -0.4 is 0 Å². The van der Waals surface area contributed by atoms with Gasteiger partial charge in [-0.15, -0.1) is 0 Å². The van der Waals surface area contributed by atoms with Gasteiger partial charge in [-0.25, -0.2) is 0 Å². The Hall–Kier alpha value is -2.06. The summed E-state index contributed by atoms with van der Waals surface area (Å²) >= 11 is 0. The molecule has 16 heavy (non-hydrogen) atoms. The fourth-order valence-corrected chi connectivity index (χ4v) is 1.27. The lowest BCUT2D eigenvalue weighted by Crippen LogP contribution is -2.08. The molecule has 80 valence electrons. The molecule has 1 rings (SSSR count). The molecule has 0 bridgehead atoms. The largest absolute Gasteiger partial charge is 0.197 e. The maximum absolute atomic E-state index is 8.80. The molecule has 0 unspecified atom stereocenters. The Morgan fingerprint density at radius 2 is 1.75 bits per heavy atom. The van der Waals surface area contributed by atoms with E-state index in [1.54, 1.807) is 6.92 Å². The van der Waals surface area contributed by atoms with Crippen LogP contribution in [0.3, 0.4) is 0 Å². The smallest absolute Gasteiger partial charge is 0.144 e. The van der Waals surface area contributed by atoms with Crippen molar-refractivity contribution in [3.63, 3.8) is 0 Å². The average Bonchev–Trinajstić information content (AvgIpc) is 2.36. The van der Waals surface area contributed by atoms with Crippen LogP contribution in [-0.4, -0.2) is 0 Å². The van der Waals surface area contributed by atoms with Gasteiger partial charge in [0.2, 0.25) is 0 Å². The zero-order valence-corrected chi connectivity index (χ0v) is 9.35. The van der Waals surface area contributed by atoms with Crippen molar-refractivity contribution in [2.45, 2.75) is 19.8 Å². The summed E-state index contributed by atoms with van der Waals surface area (Å²) in [5.41, 5.74) is 0.335. The predicted octanol–water partition coefficient (Wildman–Crippen LogP) is 3.23. The van der Waals surface area contributed by atoms with Crippen molar-refractivity contribution in [1.82, 2.24) is 0 Å². The molecule has 0 radical (unpaired) electrons. The van der Waals surface area contributed by atoms with E-state index in [0.717, 1.165) is 6.42 Å². The fraction of sp³-hybridized carbons (Fsp3) is 0.286. The minimum atomic E-state index is -0.896. The predicted molar refractivity (Wildman–Crippen MR) is 63.2 cm³/mol. The van der Waals surface area contributed by atoms with E-state index in [1.165, 1.54) is 5.56 Å². The normalized spacial score (nSPS) is 10.9. The number of rotatable bonds is 4. The van der Waals surface area contributed by atoms with Gasteiger partial charge >= 0.3 is 0 Å². The molecule has 0 amide bonds. The number of nitrogens with zero attached hydrogens (tertiary/aromatic N) is 2. The van der Waals surface area contributed by atoms with Crippen LogP contribution in [0.4, 0.5) is 0 Å². The Morgan fingerprint density at radius 1 is 1.12 bits per heavy atom. The maximum Gasteiger partial charge on any atom is 0.144 e. The van der Waals surface area contributed by atoms with Gasteiger partial charge in [0, 0.05) is 0 Å². The first-order valence-corrected chi connectivity index (χ1v) is 5.21. The van der Waals surface area contributed by atoms with Crippen molar-refractivity contribution < 1.29 is 0 Å². The summed E-state index contributed by atoms with van der Waals surface area (Å²) in [5.74, 6) is 0. The zero-order valence-electron chi connectivity index (χ0n) is 9.35. The van der Waals surface area contributed by atoms with Gasteiger partial charge < -0.3 is 0 Å². The summed E-state index contributed by atoms with van der Waals surface area (Å²) in [4.78, 5) is 0. The molecular formula is C14H14N2. The number of allylic oxidation sites excluding steroid dienone is 2. The van der Waals surface area contributed by atoms with Crippen molar-refractivity contribution in [2.24, 2.45) is 5.41 Å². The average molecular weight is 210 g/mol. The molecular weight excluding hydrogens is 196 g/mol. The van der Waals surface area contributed by atoms with Gasteiger partial charge in [0.1, 0.15) is 5.41 Å². The summed E-state index contributed by atoms with van der Waals surface area (Å²) < 4.78 is 0. The van der Waals surface area contributed by atoms with Crippen molar-refractivity contribution in [2.75, 3.05) is 0 Å². The van der Waals surface area contributed by atoms with Crippen molar-refractivity contribution in [3.8, 4) is 12.1 Å². The molecule has 0 aliphatic heterocycles. The highest BCUT2D eigenvalue weighted by Crippen LogP contribution is 2.19. The van der Waals surface area contributed by atoms with E-state index >= 15 is 0 Å². The van der Waals surface area contributed by atoms with Crippen LogP contribution in [0.25, 0.3) is 0 Å². The van der Waals surface area contributed by atoms with Crippen LogP contribution in [0.15, 0.2) is 42.5 Å². The van der Waals surface area contributed by atoms with Crippen molar-refractivity contribution in [1.29, 1.82) is 10.5 Å². The van der Waals surface area contributed by atoms with Crippen LogP contribution in [0.2, 0.25) is 0 Å². The minimum Gasteiger partial charge on any atom is -0.197 e. The van der Waals surface area contributed by atoms with E-state index in [1.807, 2.05) is 42.5 Å². The number of benzene rings is 1. The highest BCUT2D eigenvalue weighted by Gasteiger charge is 2.20. The van der Waals surface area contributed by atoms with Gasteiger partial charge in [0.05, 0.1) is 12.1 Å². The summed E-state index contributed by atoms with van der Waals surface area (Å²) in [6.07, 6.45) is 5.22. The monoisotopic (exact) mass is 210 g/mol. The van der Waals surface area contributed by atoms with Gasteiger partial charge in [-0.2, -0.15) is 10.5 Å². The molecule has 0 spiro atoms. The molecule has 2 nitrogen and oxygen atoms in total. The third-order valence-corrected chi connectivity index (χ3v) is 2.38. The lowest BCUT2D eigenvalue weighted by Gasteiger charge is -2.07. The maximum atomic E-state index is 8.80. The van der Waals surface area contributed by atoms with E-state index in [4.69, 9.17) is 10.5 Å². The molecule has 0 aromatic heterocycles. The number of hydrogen-bond acceptors (Lipinski definition) is 2. The SMILES string of the molecule is CC(C#N)(C#N)C/C=C/Cc1ccccc1. The Kier molecular flexibility index (Phi) is 4.30. The van der Waals surface area contributed by atoms with Gasteiger partial charge in [-0.3, -0.25) is 0 Å². The second-order valence-electron chi connectivity index (χ2n) is 3.92. The third-order valence-electron chi connectivity index (χ3n) is 2.38. The molecule has 0 saturated heterocycles. The Balaban J connectivity index is 2.46. The van der Waals surface area contributed by atoms with Gasteiger partial charge in [-0.05, 0) is 25.3 Å². The zero-order chi connectivity index (χ0) is 11.9. The summed E-state index contributed by atoms with van der Waals surface area (Å²) in [6, 6.07) is 14.1. The van der Waals surface area contributed by atoms with Crippen LogP contribution in [0, 0.1) is 28.1 Å². The van der Waals surface area contributed by atoms with Gasteiger partial charge in [0.15, 0.2) is 0 Å². The number of hydrogen-bond donors (Lipinski definition) is 0. The highest BCUT2D eigenvalue weighted by molar-refractivity contribution is 5.19. The Morgan fingerprint density at radius 3 is 2.31 bits per heavy atom. The molecule has 0 N–H and O–H groups in total. The minimum absolute atomic E-state index is 0.479. The van der Waals surface area contributed by atoms with Gasteiger partial charge in [-0.1, -0.05) is 42.5 Å².